The molecule has 1 aliphatic rings. The summed E-state index contributed by atoms with van der Waals surface area (Å²) in [7, 11) is -3.61. The number of aromatic nitrogens is 3. The molecule has 0 bridgehead atoms. The molecule has 0 atom stereocenters. The van der Waals surface area contributed by atoms with Gasteiger partial charge >= 0.3 is 0 Å². The molecular formula is C9H15N3O3S. The highest BCUT2D eigenvalue weighted by Gasteiger charge is 2.32. The first-order chi connectivity index (χ1) is 7.28. The predicted molar refractivity (Wildman–Crippen MR) is 56.7 cm³/mol. The van der Waals surface area contributed by atoms with E-state index in [0.29, 0.717) is 11.7 Å². The quantitative estimate of drug-likeness (QED) is 0.791. The average Bonchev–Trinajstić information content (AvgIpc) is 2.79. The zero-order chi connectivity index (χ0) is 12.0. The third kappa shape index (κ3) is 2.59. The van der Waals surface area contributed by atoms with Crippen molar-refractivity contribution in [1.82, 2.24) is 15.2 Å². The summed E-state index contributed by atoms with van der Waals surface area (Å²) < 4.78 is 23.6. The lowest BCUT2D eigenvalue weighted by atomic mass is 10.2. The SMILES string of the molecule is CC(C)(O)CS(=O)(=O)c1n[nH]c(C2CC2)n1. The highest BCUT2D eigenvalue weighted by Crippen LogP contribution is 2.38. The molecule has 0 aliphatic heterocycles. The van der Waals surface area contributed by atoms with Gasteiger partial charge in [0.1, 0.15) is 5.82 Å². The molecule has 7 heteroatoms. The minimum atomic E-state index is -3.61. The van der Waals surface area contributed by atoms with Gasteiger partial charge < -0.3 is 5.11 Å². The molecule has 2 rings (SSSR count). The van der Waals surface area contributed by atoms with Gasteiger partial charge in [-0.3, -0.25) is 5.10 Å². The Labute approximate surface area is 94.0 Å². The van der Waals surface area contributed by atoms with E-state index in [1.54, 1.807) is 0 Å². The molecule has 1 aromatic heterocycles. The Balaban J connectivity index is 2.21. The van der Waals surface area contributed by atoms with Crippen LogP contribution in [0.2, 0.25) is 0 Å². The molecule has 0 aromatic carbocycles. The third-order valence-corrected chi connectivity index (χ3v) is 4.09. The minimum Gasteiger partial charge on any atom is -0.389 e. The topological polar surface area (TPSA) is 95.9 Å². The molecule has 1 aromatic rings. The molecule has 2 N–H and O–H groups in total. The number of H-pyrrole nitrogens is 1. The van der Waals surface area contributed by atoms with Gasteiger partial charge in [0.05, 0.1) is 11.4 Å². The Kier molecular flexibility index (Phi) is 2.54. The summed E-state index contributed by atoms with van der Waals surface area (Å²) >= 11 is 0. The van der Waals surface area contributed by atoms with Crippen molar-refractivity contribution in [2.24, 2.45) is 0 Å². The van der Waals surface area contributed by atoms with Crippen molar-refractivity contribution >= 4 is 9.84 Å². The van der Waals surface area contributed by atoms with Gasteiger partial charge in [-0.2, -0.15) is 0 Å². The van der Waals surface area contributed by atoms with Crippen LogP contribution in [0, 0.1) is 0 Å². The fourth-order valence-electron chi connectivity index (χ4n) is 1.47. The minimum absolute atomic E-state index is 0.212. The van der Waals surface area contributed by atoms with Crippen molar-refractivity contribution in [3.8, 4) is 0 Å². The number of rotatable bonds is 4. The molecule has 0 radical (unpaired) electrons. The lowest BCUT2D eigenvalue weighted by Gasteiger charge is -2.14. The van der Waals surface area contributed by atoms with E-state index in [1.807, 2.05) is 0 Å². The first-order valence-corrected chi connectivity index (χ1v) is 6.81. The molecule has 6 nitrogen and oxygen atoms in total. The zero-order valence-electron chi connectivity index (χ0n) is 9.27. The standard InChI is InChI=1S/C9H15N3O3S/c1-9(2,13)5-16(14,15)8-10-7(11-12-8)6-3-4-6/h6,13H,3-5H2,1-2H3,(H,10,11,12). The molecule has 1 aliphatic carbocycles. The summed E-state index contributed by atoms with van der Waals surface area (Å²) in [5.74, 6) is 0.593. The van der Waals surface area contributed by atoms with E-state index in [1.165, 1.54) is 13.8 Å². The van der Waals surface area contributed by atoms with Crippen LogP contribution in [0.1, 0.15) is 38.4 Å². The van der Waals surface area contributed by atoms with Gasteiger partial charge in [-0.1, -0.05) is 0 Å². The molecule has 1 fully saturated rings. The maximum absolute atomic E-state index is 11.8. The molecule has 0 saturated heterocycles. The van der Waals surface area contributed by atoms with Crippen LogP contribution in [-0.4, -0.2) is 40.1 Å². The van der Waals surface area contributed by atoms with Crippen molar-refractivity contribution in [2.45, 2.75) is 43.4 Å². The highest BCUT2D eigenvalue weighted by molar-refractivity contribution is 7.91. The van der Waals surface area contributed by atoms with Crippen molar-refractivity contribution < 1.29 is 13.5 Å². The van der Waals surface area contributed by atoms with E-state index in [2.05, 4.69) is 15.2 Å². The van der Waals surface area contributed by atoms with Crippen LogP contribution in [0.25, 0.3) is 0 Å². The normalized spacial score (nSPS) is 17.7. The summed E-state index contributed by atoms with van der Waals surface area (Å²) in [6.45, 7) is 2.89. The van der Waals surface area contributed by atoms with Gasteiger partial charge in [-0.05, 0) is 26.7 Å². The van der Waals surface area contributed by atoms with Crippen LogP contribution in [0.3, 0.4) is 0 Å². The monoisotopic (exact) mass is 245 g/mol. The van der Waals surface area contributed by atoms with Crippen LogP contribution in [0.5, 0.6) is 0 Å². The Bertz CT molecular complexity index is 482. The number of aromatic amines is 1. The first kappa shape index (κ1) is 11.5. The second kappa shape index (κ2) is 3.53. The third-order valence-electron chi connectivity index (χ3n) is 2.27. The molecule has 16 heavy (non-hydrogen) atoms. The lowest BCUT2D eigenvalue weighted by molar-refractivity contribution is 0.105. The fraction of sp³-hybridized carbons (Fsp3) is 0.778. The largest absolute Gasteiger partial charge is 0.389 e. The van der Waals surface area contributed by atoms with E-state index in [-0.39, 0.29) is 10.9 Å². The lowest BCUT2D eigenvalue weighted by Crippen LogP contribution is -2.30. The van der Waals surface area contributed by atoms with E-state index < -0.39 is 15.4 Å². The number of hydrogen-bond acceptors (Lipinski definition) is 5. The van der Waals surface area contributed by atoms with Crippen molar-refractivity contribution in [3.05, 3.63) is 5.82 Å². The number of sulfone groups is 1. The average molecular weight is 245 g/mol. The molecule has 1 heterocycles. The van der Waals surface area contributed by atoms with Gasteiger partial charge in [0.15, 0.2) is 0 Å². The van der Waals surface area contributed by atoms with E-state index in [4.69, 9.17) is 0 Å². The van der Waals surface area contributed by atoms with Crippen LogP contribution < -0.4 is 0 Å². The first-order valence-electron chi connectivity index (χ1n) is 5.15. The van der Waals surface area contributed by atoms with Gasteiger partial charge in [0.25, 0.3) is 5.16 Å². The van der Waals surface area contributed by atoms with Crippen LogP contribution in [-0.2, 0) is 9.84 Å². The highest BCUT2D eigenvalue weighted by atomic mass is 32.2. The maximum atomic E-state index is 11.8. The van der Waals surface area contributed by atoms with Crippen molar-refractivity contribution in [1.29, 1.82) is 0 Å². The van der Waals surface area contributed by atoms with Gasteiger partial charge in [0.2, 0.25) is 9.84 Å². The molecule has 1 saturated carbocycles. The van der Waals surface area contributed by atoms with Gasteiger partial charge in [-0.15, -0.1) is 5.10 Å². The Hall–Kier alpha value is -0.950. The Morgan fingerprint density at radius 3 is 2.62 bits per heavy atom. The van der Waals surface area contributed by atoms with Gasteiger partial charge in [0, 0.05) is 5.92 Å². The number of nitrogens with one attached hydrogen (secondary N) is 1. The second-order valence-electron chi connectivity index (χ2n) is 4.85. The molecule has 0 spiro atoms. The smallest absolute Gasteiger partial charge is 0.266 e. The Morgan fingerprint density at radius 1 is 1.50 bits per heavy atom. The van der Waals surface area contributed by atoms with E-state index >= 15 is 0 Å². The van der Waals surface area contributed by atoms with Gasteiger partial charge in [-0.25, -0.2) is 13.4 Å². The van der Waals surface area contributed by atoms with Crippen LogP contribution in [0.15, 0.2) is 5.16 Å². The number of hydrogen-bond donors (Lipinski definition) is 2. The zero-order valence-corrected chi connectivity index (χ0v) is 10.1. The van der Waals surface area contributed by atoms with E-state index in [0.717, 1.165) is 12.8 Å². The van der Waals surface area contributed by atoms with Crippen LogP contribution in [0.4, 0.5) is 0 Å². The number of nitrogens with zero attached hydrogens (tertiary/aromatic N) is 2. The van der Waals surface area contributed by atoms with Crippen LogP contribution >= 0.6 is 0 Å². The molecule has 90 valence electrons. The summed E-state index contributed by atoms with van der Waals surface area (Å²) in [6.07, 6.45) is 2.06. The number of aliphatic hydroxyl groups is 1. The molecular weight excluding hydrogens is 230 g/mol. The Morgan fingerprint density at radius 2 is 2.12 bits per heavy atom. The second-order valence-corrected chi connectivity index (χ2v) is 6.73. The summed E-state index contributed by atoms with van der Waals surface area (Å²) in [6, 6.07) is 0. The maximum Gasteiger partial charge on any atom is 0.266 e. The summed E-state index contributed by atoms with van der Waals surface area (Å²) in [5.41, 5.74) is -1.28. The summed E-state index contributed by atoms with van der Waals surface area (Å²) in [4.78, 5) is 3.96. The molecule has 0 amide bonds. The summed E-state index contributed by atoms with van der Waals surface area (Å²) in [5, 5.41) is 15.6. The molecule has 0 unspecified atom stereocenters. The van der Waals surface area contributed by atoms with E-state index in [9.17, 15) is 13.5 Å². The fourth-order valence-corrected chi connectivity index (χ4v) is 2.95. The van der Waals surface area contributed by atoms with Crippen molar-refractivity contribution in [2.75, 3.05) is 5.75 Å². The van der Waals surface area contributed by atoms with Crippen molar-refractivity contribution in [3.63, 3.8) is 0 Å². The predicted octanol–water partition coefficient (Wildman–Crippen LogP) is 0.227.